The maximum Gasteiger partial charge on any atom is 0.275 e. The second-order valence-electron chi connectivity index (χ2n) is 3.60. The van der Waals surface area contributed by atoms with Crippen LogP contribution < -0.4 is 10.2 Å². The number of carbonyl (C=O) groups is 1. The van der Waals surface area contributed by atoms with Crippen molar-refractivity contribution in [2.75, 3.05) is 7.11 Å². The van der Waals surface area contributed by atoms with Crippen molar-refractivity contribution in [3.05, 3.63) is 51.2 Å². The second kappa shape index (κ2) is 6.36. The zero-order chi connectivity index (χ0) is 13.7. The number of methoxy groups -OCH3 is 1. The van der Waals surface area contributed by atoms with Gasteiger partial charge in [-0.1, -0.05) is 11.6 Å². The minimum absolute atomic E-state index is 0.345. The molecule has 1 amide bonds. The molecule has 0 saturated carbocycles. The van der Waals surface area contributed by atoms with E-state index < -0.39 is 0 Å². The van der Waals surface area contributed by atoms with Crippen molar-refractivity contribution in [1.82, 2.24) is 5.43 Å². The number of amides is 1. The topological polar surface area (TPSA) is 50.7 Å². The fraction of sp³-hybridized carbons (Fsp3) is 0.0769. The van der Waals surface area contributed by atoms with Gasteiger partial charge in [-0.15, -0.1) is 0 Å². The monoisotopic (exact) mass is 294 g/mol. The lowest BCUT2D eigenvalue weighted by atomic mass is 10.2. The van der Waals surface area contributed by atoms with Gasteiger partial charge >= 0.3 is 0 Å². The van der Waals surface area contributed by atoms with Gasteiger partial charge in [0, 0.05) is 10.6 Å². The average molecular weight is 295 g/mol. The Morgan fingerprint density at radius 3 is 3.00 bits per heavy atom. The molecule has 1 aromatic heterocycles. The summed E-state index contributed by atoms with van der Waals surface area (Å²) in [4.78, 5) is 11.9. The molecule has 0 unspecified atom stereocenters. The highest BCUT2D eigenvalue weighted by molar-refractivity contribution is 7.08. The third kappa shape index (κ3) is 3.56. The van der Waals surface area contributed by atoms with Crippen molar-refractivity contribution in [3.63, 3.8) is 0 Å². The first-order valence-electron chi connectivity index (χ1n) is 5.40. The van der Waals surface area contributed by atoms with Gasteiger partial charge in [0.2, 0.25) is 0 Å². The van der Waals surface area contributed by atoms with Crippen LogP contribution in [0.4, 0.5) is 0 Å². The Balaban J connectivity index is 2.09. The Morgan fingerprint density at radius 1 is 1.47 bits per heavy atom. The van der Waals surface area contributed by atoms with Crippen LogP contribution in [0.1, 0.15) is 15.9 Å². The zero-order valence-electron chi connectivity index (χ0n) is 10.1. The van der Waals surface area contributed by atoms with Crippen LogP contribution in [-0.2, 0) is 0 Å². The van der Waals surface area contributed by atoms with E-state index in [0.29, 0.717) is 16.3 Å². The van der Waals surface area contributed by atoms with Gasteiger partial charge < -0.3 is 4.74 Å². The van der Waals surface area contributed by atoms with Gasteiger partial charge in [0.1, 0.15) is 5.75 Å². The SMILES string of the molecule is COc1ccc(Cl)cc1C(=O)N/N=C/c1ccsc1. The number of rotatable bonds is 4. The standard InChI is InChI=1S/C13H11ClN2O2S/c1-18-12-3-2-10(14)6-11(12)13(17)16-15-7-9-4-5-19-8-9/h2-8H,1H3,(H,16,17)/b15-7+. The molecule has 2 rings (SSSR count). The summed E-state index contributed by atoms with van der Waals surface area (Å²) in [5.74, 6) is 0.0819. The van der Waals surface area contributed by atoms with Crippen molar-refractivity contribution in [3.8, 4) is 5.75 Å². The van der Waals surface area contributed by atoms with E-state index >= 15 is 0 Å². The normalized spacial score (nSPS) is 10.6. The minimum atomic E-state index is -0.370. The van der Waals surface area contributed by atoms with E-state index in [9.17, 15) is 4.79 Å². The Bertz CT molecular complexity index is 597. The molecule has 0 fully saturated rings. The van der Waals surface area contributed by atoms with Crippen LogP contribution in [0.5, 0.6) is 5.75 Å². The van der Waals surface area contributed by atoms with Gasteiger partial charge in [-0.05, 0) is 35.0 Å². The first-order chi connectivity index (χ1) is 9.20. The molecule has 0 saturated heterocycles. The van der Waals surface area contributed by atoms with Crippen LogP contribution in [0.15, 0.2) is 40.1 Å². The molecule has 1 heterocycles. The average Bonchev–Trinajstić information content (AvgIpc) is 2.91. The first-order valence-corrected chi connectivity index (χ1v) is 6.72. The maximum atomic E-state index is 11.9. The number of benzene rings is 1. The van der Waals surface area contributed by atoms with Crippen molar-refractivity contribution < 1.29 is 9.53 Å². The zero-order valence-corrected chi connectivity index (χ0v) is 11.7. The molecule has 19 heavy (non-hydrogen) atoms. The summed E-state index contributed by atoms with van der Waals surface area (Å²) in [5.41, 5.74) is 3.71. The molecule has 0 bridgehead atoms. The quantitative estimate of drug-likeness (QED) is 0.695. The summed E-state index contributed by atoms with van der Waals surface area (Å²) in [5, 5.41) is 8.20. The maximum absolute atomic E-state index is 11.9. The van der Waals surface area contributed by atoms with E-state index in [2.05, 4.69) is 10.5 Å². The summed E-state index contributed by atoms with van der Waals surface area (Å²) in [6, 6.07) is 6.74. The van der Waals surface area contributed by atoms with Crippen molar-refractivity contribution in [2.45, 2.75) is 0 Å². The highest BCUT2D eigenvalue weighted by atomic mass is 35.5. The largest absolute Gasteiger partial charge is 0.496 e. The molecule has 0 aliphatic heterocycles. The molecule has 1 aromatic carbocycles. The van der Waals surface area contributed by atoms with Crippen LogP contribution in [0, 0.1) is 0 Å². The van der Waals surface area contributed by atoms with E-state index in [0.717, 1.165) is 5.56 Å². The van der Waals surface area contributed by atoms with Crippen LogP contribution >= 0.6 is 22.9 Å². The second-order valence-corrected chi connectivity index (χ2v) is 4.82. The van der Waals surface area contributed by atoms with Crippen molar-refractivity contribution in [2.24, 2.45) is 5.10 Å². The fourth-order valence-corrected chi connectivity index (χ4v) is 2.21. The van der Waals surface area contributed by atoms with Crippen molar-refractivity contribution in [1.29, 1.82) is 0 Å². The molecule has 1 N–H and O–H groups in total. The van der Waals surface area contributed by atoms with E-state index in [4.69, 9.17) is 16.3 Å². The molecule has 4 nitrogen and oxygen atoms in total. The summed E-state index contributed by atoms with van der Waals surface area (Å²) in [6.07, 6.45) is 1.57. The summed E-state index contributed by atoms with van der Waals surface area (Å²) >= 11 is 7.42. The number of hydrazone groups is 1. The number of thiophene rings is 1. The number of hydrogen-bond donors (Lipinski definition) is 1. The number of halogens is 1. The molecule has 0 spiro atoms. The third-order valence-corrected chi connectivity index (χ3v) is 3.27. The van der Waals surface area contributed by atoms with Crippen LogP contribution in [0.3, 0.4) is 0 Å². The summed E-state index contributed by atoms with van der Waals surface area (Å²) in [6.45, 7) is 0. The molecule has 0 aliphatic carbocycles. The molecular weight excluding hydrogens is 284 g/mol. The highest BCUT2D eigenvalue weighted by Crippen LogP contribution is 2.22. The number of nitrogens with zero attached hydrogens (tertiary/aromatic N) is 1. The number of hydrogen-bond acceptors (Lipinski definition) is 4. The Kier molecular flexibility index (Phi) is 4.54. The van der Waals surface area contributed by atoms with E-state index in [1.165, 1.54) is 13.2 Å². The van der Waals surface area contributed by atoms with E-state index in [1.807, 2.05) is 16.8 Å². The highest BCUT2D eigenvalue weighted by Gasteiger charge is 2.11. The van der Waals surface area contributed by atoms with E-state index in [-0.39, 0.29) is 5.91 Å². The predicted molar refractivity (Wildman–Crippen MR) is 77.4 cm³/mol. The summed E-state index contributed by atoms with van der Waals surface area (Å²) in [7, 11) is 1.49. The summed E-state index contributed by atoms with van der Waals surface area (Å²) < 4.78 is 5.10. The van der Waals surface area contributed by atoms with Gasteiger partial charge in [-0.25, -0.2) is 5.43 Å². The van der Waals surface area contributed by atoms with Crippen LogP contribution in [0.2, 0.25) is 5.02 Å². The van der Waals surface area contributed by atoms with Crippen molar-refractivity contribution >= 4 is 35.1 Å². The van der Waals surface area contributed by atoms with Gasteiger partial charge in [0.15, 0.2) is 0 Å². The lowest BCUT2D eigenvalue weighted by molar-refractivity contribution is 0.0952. The van der Waals surface area contributed by atoms with E-state index in [1.54, 1.807) is 29.7 Å². The van der Waals surface area contributed by atoms with Gasteiger partial charge in [0.25, 0.3) is 5.91 Å². The molecule has 6 heteroatoms. The molecule has 0 radical (unpaired) electrons. The van der Waals surface area contributed by atoms with Gasteiger partial charge in [0.05, 0.1) is 18.9 Å². The molecule has 0 atom stereocenters. The minimum Gasteiger partial charge on any atom is -0.496 e. The molecule has 98 valence electrons. The number of carbonyl (C=O) groups excluding carboxylic acids is 1. The molecule has 0 aliphatic rings. The fourth-order valence-electron chi connectivity index (χ4n) is 1.43. The Hall–Kier alpha value is -1.85. The first kappa shape index (κ1) is 13.6. The van der Waals surface area contributed by atoms with Crippen LogP contribution in [-0.4, -0.2) is 19.2 Å². The third-order valence-electron chi connectivity index (χ3n) is 2.33. The smallest absolute Gasteiger partial charge is 0.275 e. The lowest BCUT2D eigenvalue weighted by Crippen LogP contribution is -2.18. The molecule has 2 aromatic rings. The number of ether oxygens (including phenoxy) is 1. The predicted octanol–water partition coefficient (Wildman–Crippen LogP) is 3.17. The number of nitrogens with one attached hydrogen (secondary N) is 1. The lowest BCUT2D eigenvalue weighted by Gasteiger charge is -2.06. The van der Waals surface area contributed by atoms with Crippen LogP contribution in [0.25, 0.3) is 0 Å². The Labute approximate surface area is 119 Å². The van der Waals surface area contributed by atoms with Gasteiger partial charge in [-0.2, -0.15) is 16.4 Å². The molecular formula is C13H11ClN2O2S. The van der Waals surface area contributed by atoms with Gasteiger partial charge in [-0.3, -0.25) is 4.79 Å². The Morgan fingerprint density at radius 2 is 2.32 bits per heavy atom.